The maximum atomic E-state index is 13.6. The molecule has 4 rings (SSSR count). The number of hydrogen-bond acceptors (Lipinski definition) is 4. The first-order valence-corrected chi connectivity index (χ1v) is 10.3. The normalized spacial score (nSPS) is 21.3. The van der Waals surface area contributed by atoms with Crippen molar-refractivity contribution in [2.45, 2.75) is 12.1 Å². The number of carbonyl (C=O) groups is 1. The van der Waals surface area contributed by atoms with Crippen LogP contribution in [-0.2, 0) is 9.47 Å². The highest BCUT2D eigenvalue weighted by molar-refractivity contribution is 6.30. The van der Waals surface area contributed by atoms with Crippen LogP contribution in [0.2, 0.25) is 5.02 Å². The zero-order valence-electron chi connectivity index (χ0n) is 15.9. The minimum absolute atomic E-state index is 0.0201. The van der Waals surface area contributed by atoms with Gasteiger partial charge in [0.25, 0.3) is 5.78 Å². The quantitative estimate of drug-likeness (QED) is 0.666. The Morgan fingerprint density at radius 1 is 0.929 bits per heavy atom. The van der Waals surface area contributed by atoms with Gasteiger partial charge in [-0.2, -0.15) is 0 Å². The molecule has 0 saturated carbocycles. The molecule has 1 aromatic carbocycles. The number of quaternary nitrogens is 2. The molecule has 2 N–H and O–H groups in total. The van der Waals surface area contributed by atoms with Crippen molar-refractivity contribution in [3.8, 4) is 0 Å². The van der Waals surface area contributed by atoms with Crippen molar-refractivity contribution >= 4 is 17.4 Å². The van der Waals surface area contributed by atoms with Gasteiger partial charge in [0.05, 0.1) is 32.7 Å². The fourth-order valence-corrected chi connectivity index (χ4v) is 4.60. The highest BCUT2D eigenvalue weighted by atomic mass is 35.5. The molecule has 6 nitrogen and oxygen atoms in total. The van der Waals surface area contributed by atoms with E-state index in [1.807, 2.05) is 18.2 Å². The van der Waals surface area contributed by atoms with Gasteiger partial charge >= 0.3 is 0 Å². The highest BCUT2D eigenvalue weighted by Gasteiger charge is 2.46. The van der Waals surface area contributed by atoms with Crippen molar-refractivity contribution in [3.05, 3.63) is 59.0 Å². The number of rotatable bonds is 6. The third-order valence-electron chi connectivity index (χ3n) is 5.74. The van der Waals surface area contributed by atoms with E-state index in [2.05, 4.69) is 6.07 Å². The molecule has 2 aliphatic heterocycles. The maximum Gasteiger partial charge on any atom is 0.261 e. The van der Waals surface area contributed by atoms with Crippen molar-refractivity contribution in [1.29, 1.82) is 0 Å². The van der Waals surface area contributed by atoms with E-state index < -0.39 is 0 Å². The van der Waals surface area contributed by atoms with E-state index in [1.54, 1.807) is 18.4 Å². The summed E-state index contributed by atoms with van der Waals surface area (Å²) >= 11 is 6.33. The standard InChI is InChI=1S/C21H25ClN2O4/c22-17-4-1-3-16(15-17)19(23-6-11-26-12-7-23)20(24-8-13-27-14-9-24)21(25)18-5-2-10-28-18/h1-5,10,15,19-20H,6-9,11-14H2/p+2/t19-,20-/m0/s1. The molecule has 3 heterocycles. The van der Waals surface area contributed by atoms with Crippen LogP contribution in [0.5, 0.6) is 0 Å². The topological polar surface area (TPSA) is 57.5 Å². The zero-order valence-corrected chi connectivity index (χ0v) is 16.6. The predicted molar refractivity (Wildman–Crippen MR) is 104 cm³/mol. The summed E-state index contributed by atoms with van der Waals surface area (Å²) in [5.41, 5.74) is 1.09. The molecule has 0 radical (unpaired) electrons. The minimum atomic E-state index is -0.262. The smallest absolute Gasteiger partial charge is 0.261 e. The Bertz CT molecular complexity index is 770. The van der Waals surface area contributed by atoms with E-state index in [9.17, 15) is 4.79 Å². The van der Waals surface area contributed by atoms with E-state index in [0.717, 1.165) is 31.7 Å². The summed E-state index contributed by atoms with van der Waals surface area (Å²) in [6.45, 7) is 6.07. The third kappa shape index (κ3) is 4.31. The molecule has 2 saturated heterocycles. The molecule has 2 fully saturated rings. The summed E-state index contributed by atoms with van der Waals surface area (Å²) in [6, 6.07) is 11.2. The summed E-state index contributed by atoms with van der Waals surface area (Å²) in [5.74, 6) is 0.467. The first-order chi connectivity index (χ1) is 13.7. The van der Waals surface area contributed by atoms with Crippen molar-refractivity contribution in [3.63, 3.8) is 0 Å². The lowest BCUT2D eigenvalue weighted by molar-refractivity contribution is -0.999. The lowest BCUT2D eigenvalue weighted by Gasteiger charge is -2.39. The first-order valence-electron chi connectivity index (χ1n) is 9.92. The molecule has 2 aliphatic rings. The second-order valence-corrected chi connectivity index (χ2v) is 7.83. The summed E-state index contributed by atoms with van der Waals surface area (Å²) in [5, 5.41) is 0.691. The van der Waals surface area contributed by atoms with Crippen molar-refractivity contribution in [1.82, 2.24) is 0 Å². The lowest BCUT2D eigenvalue weighted by Crippen LogP contribution is -3.25. The average Bonchev–Trinajstić information content (AvgIpc) is 3.28. The Morgan fingerprint density at radius 3 is 2.21 bits per heavy atom. The molecule has 2 atom stereocenters. The van der Waals surface area contributed by atoms with Gasteiger partial charge in [-0.25, -0.2) is 0 Å². The van der Waals surface area contributed by atoms with E-state index in [4.69, 9.17) is 25.5 Å². The third-order valence-corrected chi connectivity index (χ3v) is 5.97. The molecule has 1 aromatic heterocycles. The van der Waals surface area contributed by atoms with Crippen LogP contribution in [-0.4, -0.2) is 64.4 Å². The van der Waals surface area contributed by atoms with Crippen LogP contribution >= 0.6 is 11.6 Å². The van der Waals surface area contributed by atoms with Gasteiger partial charge in [-0.3, -0.25) is 4.79 Å². The molecule has 150 valence electrons. The molecule has 0 amide bonds. The van der Waals surface area contributed by atoms with Crippen molar-refractivity contribution < 1.29 is 28.5 Å². The monoisotopic (exact) mass is 406 g/mol. The highest BCUT2D eigenvalue weighted by Crippen LogP contribution is 2.21. The van der Waals surface area contributed by atoms with Gasteiger partial charge in [-0.05, 0) is 24.3 Å². The van der Waals surface area contributed by atoms with Crippen LogP contribution in [0.4, 0.5) is 0 Å². The second kappa shape index (κ2) is 9.20. The fraction of sp³-hybridized carbons (Fsp3) is 0.476. The summed E-state index contributed by atoms with van der Waals surface area (Å²) < 4.78 is 16.7. The Kier molecular flexibility index (Phi) is 6.44. The number of ketones is 1. The molecule has 0 spiro atoms. The average molecular weight is 407 g/mol. The number of hydrogen-bond donors (Lipinski definition) is 2. The largest absolute Gasteiger partial charge is 0.461 e. The molecule has 0 bridgehead atoms. The van der Waals surface area contributed by atoms with Gasteiger partial charge in [-0.15, -0.1) is 0 Å². The van der Waals surface area contributed by atoms with Crippen LogP contribution in [0, 0.1) is 0 Å². The van der Waals surface area contributed by atoms with Crippen LogP contribution in [0.3, 0.4) is 0 Å². The summed E-state index contributed by atoms with van der Waals surface area (Å²) in [4.78, 5) is 16.2. The van der Waals surface area contributed by atoms with Gasteiger partial charge < -0.3 is 23.7 Å². The van der Waals surface area contributed by atoms with Crippen LogP contribution in [0.15, 0.2) is 47.1 Å². The number of ether oxygens (including phenoxy) is 2. The number of halogens is 1. The molecule has 2 aromatic rings. The number of carbonyl (C=O) groups excluding carboxylic acids is 1. The Morgan fingerprint density at radius 2 is 1.61 bits per heavy atom. The number of nitrogens with one attached hydrogen (secondary N) is 2. The minimum Gasteiger partial charge on any atom is -0.461 e. The Hall–Kier alpha value is -1.70. The predicted octanol–water partition coefficient (Wildman–Crippen LogP) is 0.0558. The van der Waals surface area contributed by atoms with E-state index >= 15 is 0 Å². The van der Waals surface area contributed by atoms with E-state index in [0.29, 0.717) is 37.2 Å². The van der Waals surface area contributed by atoms with Gasteiger partial charge in [-0.1, -0.05) is 23.7 Å². The molecule has 28 heavy (non-hydrogen) atoms. The Labute approximate surface area is 169 Å². The van der Waals surface area contributed by atoms with E-state index in [-0.39, 0.29) is 17.9 Å². The van der Waals surface area contributed by atoms with Crippen LogP contribution in [0.25, 0.3) is 0 Å². The SMILES string of the molecule is O=C(c1ccco1)[C@H]([C@H](c1cccc(Cl)c1)[NH+]1CCOCC1)[NH+]1CCOCC1. The molecule has 0 aliphatic carbocycles. The molecular weight excluding hydrogens is 380 g/mol. The molecule has 7 heteroatoms. The van der Waals surface area contributed by atoms with Gasteiger partial charge in [0.2, 0.25) is 6.04 Å². The van der Waals surface area contributed by atoms with Crippen molar-refractivity contribution in [2.24, 2.45) is 0 Å². The number of morpholine rings is 2. The van der Waals surface area contributed by atoms with Crippen LogP contribution in [0.1, 0.15) is 22.2 Å². The van der Waals surface area contributed by atoms with E-state index in [1.165, 1.54) is 9.80 Å². The van der Waals surface area contributed by atoms with Crippen molar-refractivity contribution in [2.75, 3.05) is 52.6 Å². The van der Waals surface area contributed by atoms with Gasteiger partial charge in [0.15, 0.2) is 11.8 Å². The zero-order chi connectivity index (χ0) is 19.3. The summed E-state index contributed by atoms with van der Waals surface area (Å²) in [7, 11) is 0. The van der Waals surface area contributed by atoms with Crippen LogP contribution < -0.4 is 9.80 Å². The second-order valence-electron chi connectivity index (χ2n) is 7.39. The van der Waals surface area contributed by atoms with Gasteiger partial charge in [0.1, 0.15) is 26.2 Å². The number of furan rings is 1. The number of Topliss-reactive ketones (excluding diaryl/α,β-unsaturated/α-hetero) is 1. The lowest BCUT2D eigenvalue weighted by atomic mass is 9.91. The fourth-order valence-electron chi connectivity index (χ4n) is 4.40. The summed E-state index contributed by atoms with van der Waals surface area (Å²) in [6.07, 6.45) is 1.56. The Balaban J connectivity index is 1.76. The molecule has 0 unspecified atom stereocenters. The maximum absolute atomic E-state index is 13.6. The first kappa shape index (κ1) is 19.6. The molecular formula is C21H27ClN2O4+2. The number of benzene rings is 1. The van der Waals surface area contributed by atoms with Gasteiger partial charge in [0, 0.05) is 10.6 Å².